The lowest BCUT2D eigenvalue weighted by Gasteiger charge is -2.32. The maximum atomic E-state index is 5.92. The third kappa shape index (κ3) is 5.62. The highest BCUT2D eigenvalue weighted by Crippen LogP contribution is 2.20. The Morgan fingerprint density at radius 1 is 1.14 bits per heavy atom. The van der Waals surface area contributed by atoms with Crippen molar-refractivity contribution in [3.63, 3.8) is 0 Å². The summed E-state index contributed by atoms with van der Waals surface area (Å²) in [5.41, 5.74) is 2.74. The Labute approximate surface area is 136 Å². The fourth-order valence-corrected chi connectivity index (χ4v) is 2.89. The maximum absolute atomic E-state index is 5.92. The fourth-order valence-electron chi connectivity index (χ4n) is 2.89. The number of benzene rings is 1. The highest BCUT2D eigenvalue weighted by molar-refractivity contribution is 5.36. The first-order valence-corrected chi connectivity index (χ1v) is 8.47. The van der Waals surface area contributed by atoms with E-state index in [1.54, 1.807) is 0 Å². The van der Waals surface area contributed by atoms with Crippen LogP contribution in [-0.2, 0) is 6.42 Å². The van der Waals surface area contributed by atoms with E-state index in [0.29, 0.717) is 0 Å². The molecule has 0 saturated carbocycles. The minimum Gasteiger partial charge on any atom is -0.494 e. The van der Waals surface area contributed by atoms with Crippen molar-refractivity contribution in [2.24, 2.45) is 0 Å². The smallest absolute Gasteiger partial charge is 0.119 e. The van der Waals surface area contributed by atoms with E-state index in [9.17, 15) is 0 Å². The summed E-state index contributed by atoms with van der Waals surface area (Å²) in [6.07, 6.45) is 2.17. The molecular weight excluding hydrogens is 272 g/mol. The highest BCUT2D eigenvalue weighted by Gasteiger charge is 2.12. The van der Waals surface area contributed by atoms with E-state index in [1.807, 2.05) is 0 Å². The van der Waals surface area contributed by atoms with E-state index >= 15 is 0 Å². The molecule has 1 aliphatic rings. The summed E-state index contributed by atoms with van der Waals surface area (Å²) in [4.78, 5) is 4.93. The van der Waals surface area contributed by atoms with Gasteiger partial charge in [0.05, 0.1) is 6.61 Å². The van der Waals surface area contributed by atoms with Crippen LogP contribution in [0, 0.1) is 12.8 Å². The summed E-state index contributed by atoms with van der Waals surface area (Å²) in [6, 6.07) is 6.49. The zero-order valence-corrected chi connectivity index (χ0v) is 14.7. The molecule has 3 nitrogen and oxygen atoms in total. The van der Waals surface area contributed by atoms with Crippen LogP contribution in [-0.4, -0.2) is 56.2 Å². The third-order valence-electron chi connectivity index (χ3n) is 4.34. The van der Waals surface area contributed by atoms with Crippen LogP contribution in [0.15, 0.2) is 18.2 Å². The molecule has 1 aliphatic heterocycles. The van der Waals surface area contributed by atoms with Gasteiger partial charge in [0.2, 0.25) is 0 Å². The van der Waals surface area contributed by atoms with Crippen molar-refractivity contribution in [3.8, 4) is 5.75 Å². The molecule has 1 fully saturated rings. The normalized spacial score (nSPS) is 17.1. The van der Waals surface area contributed by atoms with Crippen LogP contribution >= 0.6 is 0 Å². The molecule has 123 valence electrons. The van der Waals surface area contributed by atoms with Gasteiger partial charge in [-0.2, -0.15) is 0 Å². The number of hydrogen-bond acceptors (Lipinski definition) is 3. The first kappa shape index (κ1) is 17.3. The number of nitrogens with zero attached hydrogens (tertiary/aromatic N) is 2. The van der Waals surface area contributed by atoms with Crippen LogP contribution in [0.25, 0.3) is 0 Å². The zero-order chi connectivity index (χ0) is 15.9. The van der Waals surface area contributed by atoms with Crippen molar-refractivity contribution in [2.45, 2.75) is 33.6 Å². The maximum Gasteiger partial charge on any atom is 0.119 e. The number of likely N-dealkylation sites (N-methyl/N-ethyl adjacent to an activating group) is 1. The van der Waals surface area contributed by atoms with Gasteiger partial charge in [-0.3, -0.25) is 0 Å². The molecule has 1 radical (unpaired) electrons. The molecule has 0 bridgehead atoms. The molecule has 0 unspecified atom stereocenters. The minimum atomic E-state index is 0.810. The highest BCUT2D eigenvalue weighted by atomic mass is 16.5. The molecule has 22 heavy (non-hydrogen) atoms. The van der Waals surface area contributed by atoms with E-state index in [0.717, 1.165) is 31.7 Å². The quantitative estimate of drug-likeness (QED) is 0.720. The van der Waals surface area contributed by atoms with Gasteiger partial charge in [0.15, 0.2) is 0 Å². The first-order valence-electron chi connectivity index (χ1n) is 8.47. The van der Waals surface area contributed by atoms with Gasteiger partial charge in [-0.1, -0.05) is 19.9 Å². The van der Waals surface area contributed by atoms with E-state index in [4.69, 9.17) is 4.74 Å². The van der Waals surface area contributed by atoms with Gasteiger partial charge >= 0.3 is 0 Å². The Balaban J connectivity index is 1.69. The molecule has 3 heteroatoms. The largest absolute Gasteiger partial charge is 0.494 e. The third-order valence-corrected chi connectivity index (χ3v) is 4.34. The summed E-state index contributed by atoms with van der Waals surface area (Å²) < 4.78 is 5.92. The van der Waals surface area contributed by atoms with Crippen molar-refractivity contribution in [1.82, 2.24) is 9.80 Å². The number of aryl methyl sites for hydroxylation is 1. The lowest BCUT2D eigenvalue weighted by Crippen LogP contribution is -2.44. The lowest BCUT2D eigenvalue weighted by molar-refractivity contribution is 0.145. The molecule has 1 aromatic rings. The predicted molar refractivity (Wildman–Crippen MR) is 93.5 cm³/mol. The summed E-state index contributed by atoms with van der Waals surface area (Å²) in [6.45, 7) is 13.3. The summed E-state index contributed by atoms with van der Waals surface area (Å²) >= 11 is 0. The van der Waals surface area contributed by atoms with Gasteiger partial charge in [-0.25, -0.2) is 0 Å². The van der Waals surface area contributed by atoms with Crippen LogP contribution < -0.4 is 4.74 Å². The van der Waals surface area contributed by atoms with Gasteiger partial charge < -0.3 is 14.5 Å². The average molecular weight is 303 g/mol. The monoisotopic (exact) mass is 303 g/mol. The summed E-state index contributed by atoms with van der Waals surface area (Å²) in [7, 11) is 2.20. The average Bonchev–Trinajstić information content (AvgIpc) is 2.48. The van der Waals surface area contributed by atoms with Crippen LogP contribution in [0.3, 0.4) is 0 Å². The Morgan fingerprint density at radius 3 is 2.50 bits per heavy atom. The van der Waals surface area contributed by atoms with Crippen LogP contribution in [0.2, 0.25) is 0 Å². The molecular formula is C19H31N2O. The van der Waals surface area contributed by atoms with Crippen molar-refractivity contribution < 1.29 is 4.74 Å². The molecule has 1 heterocycles. The van der Waals surface area contributed by atoms with Crippen molar-refractivity contribution in [2.75, 3.05) is 46.4 Å². The predicted octanol–water partition coefficient (Wildman–Crippen LogP) is 3.17. The standard InChI is InChI=1S/C19H31N2O/c1-16(2)14-18-6-7-19(15-17(18)3)22-13-5-8-21-11-9-20(4)10-12-21/h6-7,15H,5,8-14H2,1-4H3. The second-order valence-electron chi connectivity index (χ2n) is 6.82. The topological polar surface area (TPSA) is 15.7 Å². The SMILES string of the molecule is C[C](C)Cc1ccc(OCCCN2CCN(C)CC2)cc1C. The summed E-state index contributed by atoms with van der Waals surface area (Å²) in [5.74, 6) is 2.46. The molecule has 0 amide bonds. The van der Waals surface area contributed by atoms with Gasteiger partial charge in [0.1, 0.15) is 5.75 Å². The molecule has 1 aromatic carbocycles. The molecule has 0 aromatic heterocycles. The van der Waals surface area contributed by atoms with Crippen LogP contribution in [0.4, 0.5) is 0 Å². The van der Waals surface area contributed by atoms with Crippen molar-refractivity contribution in [3.05, 3.63) is 35.2 Å². The number of rotatable bonds is 7. The Kier molecular flexibility index (Phi) is 6.71. The number of hydrogen-bond donors (Lipinski definition) is 0. The fraction of sp³-hybridized carbons (Fsp3) is 0.632. The Hall–Kier alpha value is -1.06. The second-order valence-corrected chi connectivity index (χ2v) is 6.82. The molecule has 0 atom stereocenters. The number of piperazine rings is 1. The van der Waals surface area contributed by atoms with Gasteiger partial charge in [-0.05, 0) is 56.0 Å². The van der Waals surface area contributed by atoms with Crippen LogP contribution in [0.5, 0.6) is 5.75 Å². The van der Waals surface area contributed by atoms with E-state index in [2.05, 4.69) is 55.8 Å². The van der Waals surface area contributed by atoms with Crippen molar-refractivity contribution >= 4 is 0 Å². The van der Waals surface area contributed by atoms with E-state index in [-0.39, 0.29) is 0 Å². The molecule has 2 rings (SSSR count). The van der Waals surface area contributed by atoms with E-state index < -0.39 is 0 Å². The molecule has 0 spiro atoms. The molecule has 0 aliphatic carbocycles. The summed E-state index contributed by atoms with van der Waals surface area (Å²) in [5, 5.41) is 0. The Morgan fingerprint density at radius 2 is 1.86 bits per heavy atom. The minimum absolute atomic E-state index is 0.810. The van der Waals surface area contributed by atoms with Crippen molar-refractivity contribution in [1.29, 1.82) is 0 Å². The Bertz CT molecular complexity index is 451. The molecule has 0 N–H and O–H groups in total. The number of ether oxygens (including phenoxy) is 1. The lowest BCUT2D eigenvalue weighted by atomic mass is 9.99. The van der Waals surface area contributed by atoms with E-state index in [1.165, 1.54) is 43.2 Å². The molecule has 1 saturated heterocycles. The first-order chi connectivity index (χ1) is 10.5. The van der Waals surface area contributed by atoms with Gasteiger partial charge in [0, 0.05) is 32.7 Å². The van der Waals surface area contributed by atoms with Gasteiger partial charge in [0.25, 0.3) is 0 Å². The van der Waals surface area contributed by atoms with Crippen LogP contribution in [0.1, 0.15) is 31.4 Å². The van der Waals surface area contributed by atoms with Gasteiger partial charge in [-0.15, -0.1) is 0 Å². The second kappa shape index (κ2) is 8.54. The zero-order valence-electron chi connectivity index (χ0n) is 14.7.